The largest absolute Gasteiger partial charge is 0.497 e. The molecule has 2 aromatic rings. The molecule has 0 aliphatic carbocycles. The number of nitrogens with zero attached hydrogens (tertiary/aromatic N) is 1. The Morgan fingerprint density at radius 2 is 1.79 bits per heavy atom. The van der Waals surface area contributed by atoms with Crippen LogP contribution in [0.15, 0.2) is 48.5 Å². The number of carbonyl (C=O) groups excluding carboxylic acids is 1. The lowest BCUT2D eigenvalue weighted by molar-refractivity contribution is -0.123. The molecule has 2 atom stereocenters. The average molecular weight is 475 g/mol. The molecule has 0 saturated heterocycles. The van der Waals surface area contributed by atoms with Crippen LogP contribution in [0.4, 0.5) is 5.69 Å². The standard InChI is InChI=1S/C25H34N2O5S/c1-6-22(27(33(5,29)30)18-13-15-19(31-4)16-14-18)24(28)26-21-17-25(7-2,8-3)32-23-12-10-9-11-20(21)23/h9-16,21-22H,6-8,17H2,1-5H3,(H,26,28)/t21-,22-/m1/s1. The first-order valence-corrected chi connectivity index (χ1v) is 13.2. The fourth-order valence-corrected chi connectivity index (χ4v) is 5.70. The van der Waals surface area contributed by atoms with Crippen LogP contribution in [0.2, 0.25) is 0 Å². The molecular weight excluding hydrogens is 440 g/mol. The topological polar surface area (TPSA) is 84.9 Å². The Kier molecular flexibility index (Phi) is 7.57. The van der Waals surface area contributed by atoms with Gasteiger partial charge >= 0.3 is 0 Å². The maximum Gasteiger partial charge on any atom is 0.244 e. The number of hydrogen-bond donors (Lipinski definition) is 1. The first-order valence-electron chi connectivity index (χ1n) is 11.4. The van der Waals surface area contributed by atoms with Crippen molar-refractivity contribution in [1.82, 2.24) is 5.32 Å². The molecule has 1 amide bonds. The van der Waals surface area contributed by atoms with Crippen molar-refractivity contribution >= 4 is 21.6 Å². The van der Waals surface area contributed by atoms with E-state index in [9.17, 15) is 13.2 Å². The van der Waals surface area contributed by atoms with Gasteiger partial charge in [0.2, 0.25) is 15.9 Å². The van der Waals surface area contributed by atoms with Gasteiger partial charge in [-0.25, -0.2) is 8.42 Å². The number of benzene rings is 2. The van der Waals surface area contributed by atoms with E-state index in [1.165, 1.54) is 4.31 Å². The van der Waals surface area contributed by atoms with E-state index in [4.69, 9.17) is 9.47 Å². The van der Waals surface area contributed by atoms with Gasteiger partial charge in [0.05, 0.1) is 25.1 Å². The summed E-state index contributed by atoms with van der Waals surface area (Å²) in [7, 11) is -2.17. The SMILES string of the molecule is CC[C@H](C(=O)N[C@@H]1CC(CC)(CC)Oc2ccccc21)N(c1ccc(OC)cc1)S(C)(=O)=O. The Morgan fingerprint density at radius 3 is 2.33 bits per heavy atom. The summed E-state index contributed by atoms with van der Waals surface area (Å²) >= 11 is 0. The van der Waals surface area contributed by atoms with Crippen LogP contribution in [0.1, 0.15) is 58.1 Å². The van der Waals surface area contributed by atoms with Gasteiger partial charge in [-0.1, -0.05) is 39.0 Å². The van der Waals surface area contributed by atoms with Crippen LogP contribution < -0.4 is 19.1 Å². The summed E-state index contributed by atoms with van der Waals surface area (Å²) < 4.78 is 38.3. The first kappa shape index (κ1) is 24.9. The molecule has 0 aromatic heterocycles. The zero-order chi connectivity index (χ0) is 24.2. The molecule has 33 heavy (non-hydrogen) atoms. The number of amides is 1. The number of methoxy groups -OCH3 is 1. The Labute approximate surface area is 197 Å². The second-order valence-electron chi connectivity index (χ2n) is 8.48. The predicted molar refractivity (Wildman–Crippen MR) is 130 cm³/mol. The normalized spacial score (nSPS) is 17.9. The number of ether oxygens (including phenoxy) is 2. The summed E-state index contributed by atoms with van der Waals surface area (Å²) in [4.78, 5) is 13.5. The monoisotopic (exact) mass is 474 g/mol. The van der Waals surface area contributed by atoms with E-state index in [0.29, 0.717) is 24.3 Å². The van der Waals surface area contributed by atoms with Crippen molar-refractivity contribution < 1.29 is 22.7 Å². The highest BCUT2D eigenvalue weighted by Crippen LogP contribution is 2.42. The molecule has 8 heteroatoms. The summed E-state index contributed by atoms with van der Waals surface area (Å²) in [5.74, 6) is 1.04. The average Bonchev–Trinajstić information content (AvgIpc) is 2.81. The lowest BCUT2D eigenvalue weighted by atomic mass is 9.83. The number of rotatable bonds is 9. The van der Waals surface area contributed by atoms with E-state index >= 15 is 0 Å². The Balaban J connectivity index is 1.94. The lowest BCUT2D eigenvalue weighted by Gasteiger charge is -2.42. The maximum atomic E-state index is 13.5. The van der Waals surface area contributed by atoms with Gasteiger partial charge in [0.25, 0.3) is 0 Å². The van der Waals surface area contributed by atoms with E-state index in [1.54, 1.807) is 31.4 Å². The molecule has 0 bridgehead atoms. The molecule has 7 nitrogen and oxygen atoms in total. The second-order valence-corrected chi connectivity index (χ2v) is 10.3. The molecular formula is C25H34N2O5S. The van der Waals surface area contributed by atoms with Crippen molar-refractivity contribution in [3.8, 4) is 11.5 Å². The maximum absolute atomic E-state index is 13.5. The van der Waals surface area contributed by atoms with Crippen LogP contribution in [0, 0.1) is 0 Å². The third-order valence-corrected chi connectivity index (χ3v) is 7.64. The third kappa shape index (κ3) is 5.27. The van der Waals surface area contributed by atoms with E-state index in [-0.39, 0.29) is 17.6 Å². The van der Waals surface area contributed by atoms with E-state index < -0.39 is 16.1 Å². The van der Waals surface area contributed by atoms with Crippen molar-refractivity contribution in [3.05, 3.63) is 54.1 Å². The molecule has 0 fully saturated rings. The zero-order valence-electron chi connectivity index (χ0n) is 20.0. The van der Waals surface area contributed by atoms with Gasteiger partial charge < -0.3 is 14.8 Å². The van der Waals surface area contributed by atoms with Crippen LogP contribution in [0.5, 0.6) is 11.5 Å². The van der Waals surface area contributed by atoms with Crippen LogP contribution in [-0.4, -0.2) is 39.3 Å². The number of sulfonamides is 1. The van der Waals surface area contributed by atoms with E-state index in [0.717, 1.165) is 30.4 Å². The van der Waals surface area contributed by atoms with Gasteiger partial charge in [-0.15, -0.1) is 0 Å². The van der Waals surface area contributed by atoms with Crippen molar-refractivity contribution in [1.29, 1.82) is 0 Å². The summed E-state index contributed by atoms with van der Waals surface area (Å²) in [6.07, 6.45) is 3.69. The van der Waals surface area contributed by atoms with Crippen molar-refractivity contribution in [2.24, 2.45) is 0 Å². The predicted octanol–water partition coefficient (Wildman–Crippen LogP) is 4.44. The summed E-state index contributed by atoms with van der Waals surface area (Å²) in [5.41, 5.74) is 0.957. The minimum absolute atomic E-state index is 0.270. The molecule has 2 aromatic carbocycles. The fraction of sp³-hybridized carbons (Fsp3) is 0.480. The highest BCUT2D eigenvalue weighted by molar-refractivity contribution is 7.92. The van der Waals surface area contributed by atoms with Crippen molar-refractivity contribution in [3.63, 3.8) is 0 Å². The minimum atomic E-state index is -3.72. The fourth-order valence-electron chi connectivity index (χ4n) is 4.49. The van der Waals surface area contributed by atoms with E-state index in [1.807, 2.05) is 31.2 Å². The lowest BCUT2D eigenvalue weighted by Crippen LogP contribution is -2.52. The van der Waals surface area contributed by atoms with Gasteiger partial charge in [-0.2, -0.15) is 0 Å². The van der Waals surface area contributed by atoms with Crippen LogP contribution in [-0.2, 0) is 14.8 Å². The van der Waals surface area contributed by atoms with Crippen LogP contribution >= 0.6 is 0 Å². The van der Waals surface area contributed by atoms with Gasteiger partial charge in [-0.3, -0.25) is 9.10 Å². The molecule has 1 aliphatic heterocycles. The minimum Gasteiger partial charge on any atom is -0.497 e. The molecule has 0 unspecified atom stereocenters. The quantitative estimate of drug-likeness (QED) is 0.581. The smallest absolute Gasteiger partial charge is 0.244 e. The van der Waals surface area contributed by atoms with Gasteiger partial charge in [0, 0.05) is 12.0 Å². The number of nitrogens with one attached hydrogen (secondary N) is 1. The Morgan fingerprint density at radius 1 is 1.15 bits per heavy atom. The van der Waals surface area contributed by atoms with Crippen LogP contribution in [0.3, 0.4) is 0 Å². The van der Waals surface area contributed by atoms with E-state index in [2.05, 4.69) is 19.2 Å². The molecule has 0 radical (unpaired) electrons. The Bertz CT molecular complexity index is 1060. The van der Waals surface area contributed by atoms with Crippen molar-refractivity contribution in [2.75, 3.05) is 17.7 Å². The summed E-state index contributed by atoms with van der Waals surface area (Å²) in [6, 6.07) is 13.2. The number of fused-ring (bicyclic) bond motifs is 1. The van der Waals surface area contributed by atoms with Gasteiger partial charge in [-0.05, 0) is 49.6 Å². The number of carbonyl (C=O) groups is 1. The first-order chi connectivity index (χ1) is 15.7. The number of para-hydroxylation sites is 1. The molecule has 3 rings (SSSR count). The molecule has 1 aliphatic rings. The summed E-state index contributed by atoms with van der Waals surface area (Å²) in [5, 5.41) is 3.14. The molecule has 0 saturated carbocycles. The molecule has 1 heterocycles. The number of hydrogen-bond acceptors (Lipinski definition) is 5. The molecule has 0 spiro atoms. The second kappa shape index (κ2) is 10.0. The zero-order valence-corrected chi connectivity index (χ0v) is 20.8. The van der Waals surface area contributed by atoms with Crippen molar-refractivity contribution in [2.45, 2.75) is 64.1 Å². The van der Waals surface area contributed by atoms with Gasteiger partial charge in [0.1, 0.15) is 23.1 Å². The third-order valence-electron chi connectivity index (χ3n) is 6.46. The summed E-state index contributed by atoms with van der Waals surface area (Å²) in [6.45, 7) is 5.98. The van der Waals surface area contributed by atoms with Crippen LogP contribution in [0.25, 0.3) is 0 Å². The highest BCUT2D eigenvalue weighted by atomic mass is 32.2. The molecule has 180 valence electrons. The van der Waals surface area contributed by atoms with Gasteiger partial charge in [0.15, 0.2) is 0 Å². The molecule has 1 N–H and O–H groups in total. The highest BCUT2D eigenvalue weighted by Gasteiger charge is 2.40. The Hall–Kier alpha value is -2.74. The number of anilines is 1.